The van der Waals surface area contributed by atoms with Gasteiger partial charge in [0.1, 0.15) is 0 Å². The summed E-state index contributed by atoms with van der Waals surface area (Å²) in [7, 11) is 1.65. The van der Waals surface area contributed by atoms with E-state index in [-0.39, 0.29) is 23.3 Å². The zero-order valence-corrected chi connectivity index (χ0v) is 12.8. The number of nitrogens with two attached hydrogens (primary N) is 1. The van der Waals surface area contributed by atoms with Gasteiger partial charge in [0.15, 0.2) is 0 Å². The second-order valence-electron chi connectivity index (χ2n) is 6.32. The van der Waals surface area contributed by atoms with Gasteiger partial charge in [-0.05, 0) is 25.7 Å². The first-order valence-corrected chi connectivity index (χ1v) is 6.72. The van der Waals surface area contributed by atoms with Crippen LogP contribution in [0.25, 0.3) is 0 Å². The minimum Gasteiger partial charge on any atom is -0.383 e. The average Bonchev–Trinajstić information content (AvgIpc) is 2.24. The lowest BCUT2D eigenvalue weighted by atomic mass is 9.84. The lowest BCUT2D eigenvalue weighted by Crippen LogP contribution is -2.45. The van der Waals surface area contributed by atoms with Crippen molar-refractivity contribution in [1.29, 1.82) is 0 Å². The zero-order chi connectivity index (χ0) is 14.3. The summed E-state index contributed by atoms with van der Waals surface area (Å²) < 4.78 is 5.06. The Bertz CT molecular complexity index is 247. The molecule has 0 heterocycles. The molecule has 2 N–H and O–H groups in total. The zero-order valence-electron chi connectivity index (χ0n) is 12.8. The summed E-state index contributed by atoms with van der Waals surface area (Å²) in [6.07, 6.45) is 0.818. The molecule has 0 aromatic carbocycles. The smallest absolute Gasteiger partial charge is 0.227 e. The second kappa shape index (κ2) is 7.74. The number of rotatable bonds is 7. The van der Waals surface area contributed by atoms with Crippen LogP contribution in [0.1, 0.15) is 41.0 Å². The predicted molar refractivity (Wildman–Crippen MR) is 75.3 cm³/mol. The lowest BCUT2D eigenvalue weighted by Gasteiger charge is -2.32. The topological polar surface area (TPSA) is 55.6 Å². The van der Waals surface area contributed by atoms with Gasteiger partial charge in [0.05, 0.1) is 12.5 Å². The van der Waals surface area contributed by atoms with Crippen molar-refractivity contribution < 1.29 is 9.53 Å². The van der Waals surface area contributed by atoms with Crippen molar-refractivity contribution in [3.63, 3.8) is 0 Å². The van der Waals surface area contributed by atoms with Crippen LogP contribution in [0.2, 0.25) is 0 Å². The first kappa shape index (κ1) is 17.4. The molecule has 0 bridgehead atoms. The molecule has 0 aliphatic rings. The van der Waals surface area contributed by atoms with Gasteiger partial charge in [-0.3, -0.25) is 4.79 Å². The maximum absolute atomic E-state index is 12.5. The van der Waals surface area contributed by atoms with Gasteiger partial charge in [-0.1, -0.05) is 20.8 Å². The summed E-state index contributed by atoms with van der Waals surface area (Å²) in [6, 6.07) is 0.182. The molecule has 0 radical (unpaired) electrons. The fourth-order valence-corrected chi connectivity index (χ4v) is 2.06. The van der Waals surface area contributed by atoms with E-state index in [1.807, 2.05) is 18.7 Å². The molecule has 0 saturated heterocycles. The number of carbonyl (C=O) groups is 1. The third kappa shape index (κ3) is 6.36. The fraction of sp³-hybridized carbons (Fsp3) is 0.929. The molecule has 0 aliphatic carbocycles. The van der Waals surface area contributed by atoms with Gasteiger partial charge in [0.25, 0.3) is 0 Å². The molecule has 0 spiro atoms. The van der Waals surface area contributed by atoms with E-state index in [1.54, 1.807) is 7.11 Å². The molecule has 1 atom stereocenters. The summed E-state index contributed by atoms with van der Waals surface area (Å²) in [6.45, 7) is 12.1. The number of hydrogen-bond donors (Lipinski definition) is 1. The Balaban J connectivity index is 4.70. The maximum atomic E-state index is 12.5. The van der Waals surface area contributed by atoms with E-state index in [1.165, 1.54) is 0 Å². The van der Waals surface area contributed by atoms with Gasteiger partial charge in [0.2, 0.25) is 5.91 Å². The average molecular weight is 258 g/mol. The fourth-order valence-electron chi connectivity index (χ4n) is 2.06. The Morgan fingerprint density at radius 3 is 2.22 bits per heavy atom. The van der Waals surface area contributed by atoms with Gasteiger partial charge in [-0.15, -0.1) is 0 Å². The van der Waals surface area contributed by atoms with Crippen molar-refractivity contribution in [2.24, 2.45) is 17.1 Å². The van der Waals surface area contributed by atoms with Gasteiger partial charge in [-0.25, -0.2) is 0 Å². The van der Waals surface area contributed by atoms with Crippen LogP contribution in [0.3, 0.4) is 0 Å². The molecule has 0 rings (SSSR count). The predicted octanol–water partition coefficient (Wildman–Crippen LogP) is 1.88. The molecule has 4 heteroatoms. The van der Waals surface area contributed by atoms with Crippen LogP contribution >= 0.6 is 0 Å². The Morgan fingerprint density at radius 1 is 1.33 bits per heavy atom. The molecule has 0 aromatic heterocycles. The van der Waals surface area contributed by atoms with E-state index in [9.17, 15) is 4.79 Å². The van der Waals surface area contributed by atoms with Crippen molar-refractivity contribution in [1.82, 2.24) is 4.90 Å². The quantitative estimate of drug-likeness (QED) is 0.758. The Hall–Kier alpha value is -0.610. The van der Waals surface area contributed by atoms with Crippen LogP contribution in [-0.4, -0.2) is 43.7 Å². The first-order valence-electron chi connectivity index (χ1n) is 6.72. The van der Waals surface area contributed by atoms with Gasteiger partial charge >= 0.3 is 0 Å². The van der Waals surface area contributed by atoms with Crippen LogP contribution in [0.5, 0.6) is 0 Å². The first-order chi connectivity index (χ1) is 8.22. The number of carbonyl (C=O) groups excluding carboxylic acids is 1. The molecular formula is C14H30N2O2. The van der Waals surface area contributed by atoms with Crippen molar-refractivity contribution in [2.45, 2.75) is 47.1 Å². The number of hydrogen-bond acceptors (Lipinski definition) is 3. The highest BCUT2D eigenvalue weighted by Gasteiger charge is 2.28. The van der Waals surface area contributed by atoms with E-state index in [0.29, 0.717) is 19.7 Å². The van der Waals surface area contributed by atoms with E-state index in [2.05, 4.69) is 20.8 Å². The summed E-state index contributed by atoms with van der Waals surface area (Å²) in [5.41, 5.74) is 5.88. The SMILES string of the molecule is COCCN(C(=O)C(CN)CC(C)(C)C)C(C)C. The van der Waals surface area contributed by atoms with E-state index in [4.69, 9.17) is 10.5 Å². The molecule has 1 amide bonds. The van der Waals surface area contributed by atoms with Crippen molar-refractivity contribution >= 4 is 5.91 Å². The summed E-state index contributed by atoms with van der Waals surface area (Å²) in [5, 5.41) is 0. The number of ether oxygens (including phenoxy) is 1. The molecule has 4 nitrogen and oxygen atoms in total. The standard InChI is InChI=1S/C14H30N2O2/c1-11(2)16(7-8-18-6)13(17)12(10-15)9-14(3,4)5/h11-12H,7-10,15H2,1-6H3. The van der Waals surface area contributed by atoms with E-state index in [0.717, 1.165) is 6.42 Å². The number of nitrogens with zero attached hydrogens (tertiary/aromatic N) is 1. The summed E-state index contributed by atoms with van der Waals surface area (Å²) >= 11 is 0. The third-order valence-corrected chi connectivity index (χ3v) is 2.94. The van der Waals surface area contributed by atoms with Crippen LogP contribution < -0.4 is 5.73 Å². The normalized spacial score (nSPS) is 13.8. The molecule has 108 valence electrons. The molecule has 18 heavy (non-hydrogen) atoms. The second-order valence-corrected chi connectivity index (χ2v) is 6.32. The van der Waals surface area contributed by atoms with E-state index < -0.39 is 0 Å². The third-order valence-electron chi connectivity index (χ3n) is 2.94. The maximum Gasteiger partial charge on any atom is 0.227 e. The highest BCUT2D eigenvalue weighted by Crippen LogP contribution is 2.25. The molecule has 0 saturated carbocycles. The lowest BCUT2D eigenvalue weighted by molar-refractivity contribution is -0.138. The summed E-state index contributed by atoms with van der Waals surface area (Å²) in [5.74, 6) is 0.0590. The summed E-state index contributed by atoms with van der Waals surface area (Å²) in [4.78, 5) is 14.4. The Morgan fingerprint density at radius 2 is 1.89 bits per heavy atom. The van der Waals surface area contributed by atoms with Gasteiger partial charge in [-0.2, -0.15) is 0 Å². The monoisotopic (exact) mass is 258 g/mol. The number of amides is 1. The molecule has 1 unspecified atom stereocenters. The van der Waals surface area contributed by atoms with Crippen molar-refractivity contribution in [3.8, 4) is 0 Å². The van der Waals surface area contributed by atoms with Gasteiger partial charge in [0, 0.05) is 26.2 Å². The molecule has 0 fully saturated rings. The van der Waals surface area contributed by atoms with E-state index >= 15 is 0 Å². The van der Waals surface area contributed by atoms with Crippen molar-refractivity contribution in [2.75, 3.05) is 26.8 Å². The van der Waals surface area contributed by atoms with Gasteiger partial charge < -0.3 is 15.4 Å². The van der Waals surface area contributed by atoms with Crippen LogP contribution in [0.15, 0.2) is 0 Å². The van der Waals surface area contributed by atoms with Crippen LogP contribution in [0.4, 0.5) is 0 Å². The molecule has 0 aliphatic heterocycles. The molecular weight excluding hydrogens is 228 g/mol. The minimum absolute atomic E-state index is 0.0933. The highest BCUT2D eigenvalue weighted by molar-refractivity contribution is 5.79. The van der Waals surface area contributed by atoms with Crippen LogP contribution in [0, 0.1) is 11.3 Å². The minimum atomic E-state index is -0.0933. The number of methoxy groups -OCH3 is 1. The largest absolute Gasteiger partial charge is 0.383 e. The van der Waals surface area contributed by atoms with Crippen molar-refractivity contribution in [3.05, 3.63) is 0 Å². The molecule has 0 aromatic rings. The van der Waals surface area contributed by atoms with Crippen LogP contribution in [-0.2, 0) is 9.53 Å². The Kier molecular flexibility index (Phi) is 7.48. The Labute approximate surface area is 112 Å². The highest BCUT2D eigenvalue weighted by atomic mass is 16.5.